The highest BCUT2D eigenvalue weighted by atomic mass is 16.5. The molecule has 3 heteroatoms. The lowest BCUT2D eigenvalue weighted by atomic mass is 9.91. The zero-order valence-electron chi connectivity index (χ0n) is 13.6. The van der Waals surface area contributed by atoms with Crippen molar-refractivity contribution in [2.75, 3.05) is 13.1 Å². The highest BCUT2D eigenvalue weighted by Gasteiger charge is 2.49. The van der Waals surface area contributed by atoms with Crippen molar-refractivity contribution in [1.29, 1.82) is 0 Å². The molecule has 19 heavy (non-hydrogen) atoms. The number of hydrogen-bond acceptors (Lipinski definition) is 3. The fourth-order valence-corrected chi connectivity index (χ4v) is 3.91. The molecule has 0 bridgehead atoms. The predicted octanol–water partition coefficient (Wildman–Crippen LogP) is 2.79. The number of ether oxygens (including phenoxy) is 1. The van der Waals surface area contributed by atoms with Gasteiger partial charge in [0.2, 0.25) is 0 Å². The summed E-state index contributed by atoms with van der Waals surface area (Å²) in [5.74, 6) is 0. The van der Waals surface area contributed by atoms with Crippen LogP contribution in [0.5, 0.6) is 0 Å². The third kappa shape index (κ3) is 3.50. The molecule has 0 aliphatic carbocycles. The molecule has 2 fully saturated rings. The van der Waals surface area contributed by atoms with Gasteiger partial charge in [0.1, 0.15) is 0 Å². The van der Waals surface area contributed by atoms with Gasteiger partial charge in [0.25, 0.3) is 0 Å². The monoisotopic (exact) mass is 268 g/mol. The van der Waals surface area contributed by atoms with Crippen LogP contribution in [0, 0.1) is 0 Å². The Morgan fingerprint density at radius 2 is 1.95 bits per heavy atom. The molecule has 0 amide bonds. The first kappa shape index (κ1) is 15.3. The molecule has 0 aromatic heterocycles. The van der Waals surface area contributed by atoms with Crippen LogP contribution in [-0.2, 0) is 4.74 Å². The Hall–Kier alpha value is -0.120. The van der Waals surface area contributed by atoms with E-state index in [9.17, 15) is 0 Å². The number of nitrogens with zero attached hydrogens (tertiary/aromatic N) is 1. The minimum atomic E-state index is -0.0492. The molecule has 0 aromatic carbocycles. The van der Waals surface area contributed by atoms with Crippen molar-refractivity contribution in [3.05, 3.63) is 0 Å². The van der Waals surface area contributed by atoms with Crippen molar-refractivity contribution in [2.45, 2.75) is 90.1 Å². The summed E-state index contributed by atoms with van der Waals surface area (Å²) in [5, 5.41) is 3.63. The second kappa shape index (κ2) is 5.34. The van der Waals surface area contributed by atoms with Gasteiger partial charge in [0, 0.05) is 24.7 Å². The fourth-order valence-electron chi connectivity index (χ4n) is 3.91. The van der Waals surface area contributed by atoms with Crippen LogP contribution in [0.4, 0.5) is 0 Å². The Bertz CT molecular complexity index is 306. The van der Waals surface area contributed by atoms with E-state index < -0.39 is 0 Å². The summed E-state index contributed by atoms with van der Waals surface area (Å²) in [4.78, 5) is 2.66. The van der Waals surface area contributed by atoms with Gasteiger partial charge in [0.15, 0.2) is 0 Å². The van der Waals surface area contributed by atoms with Crippen LogP contribution in [0.2, 0.25) is 0 Å². The zero-order valence-corrected chi connectivity index (χ0v) is 13.6. The third-order valence-corrected chi connectivity index (χ3v) is 4.68. The van der Waals surface area contributed by atoms with E-state index in [0.29, 0.717) is 18.1 Å². The lowest BCUT2D eigenvalue weighted by Gasteiger charge is -2.40. The van der Waals surface area contributed by atoms with Crippen LogP contribution in [-0.4, -0.2) is 47.3 Å². The molecule has 2 heterocycles. The van der Waals surface area contributed by atoms with Gasteiger partial charge in [0.05, 0.1) is 11.2 Å². The van der Waals surface area contributed by atoms with E-state index in [-0.39, 0.29) is 11.2 Å². The first-order valence-electron chi connectivity index (χ1n) is 7.90. The minimum absolute atomic E-state index is 0.00438. The lowest BCUT2D eigenvalue weighted by Crippen LogP contribution is -2.53. The molecule has 0 radical (unpaired) electrons. The molecule has 2 unspecified atom stereocenters. The highest BCUT2D eigenvalue weighted by Crippen LogP contribution is 2.40. The zero-order chi connectivity index (χ0) is 14.3. The minimum Gasteiger partial charge on any atom is -0.368 e. The lowest BCUT2D eigenvalue weighted by molar-refractivity contribution is -0.0836. The van der Waals surface area contributed by atoms with E-state index in [1.165, 1.54) is 19.4 Å². The maximum Gasteiger partial charge on any atom is 0.0789 e. The summed E-state index contributed by atoms with van der Waals surface area (Å²) in [7, 11) is 0. The second-order valence-corrected chi connectivity index (χ2v) is 7.77. The van der Waals surface area contributed by atoms with E-state index in [4.69, 9.17) is 4.74 Å². The van der Waals surface area contributed by atoms with E-state index in [1.807, 2.05) is 0 Å². The van der Waals surface area contributed by atoms with Gasteiger partial charge in [-0.05, 0) is 67.3 Å². The van der Waals surface area contributed by atoms with Crippen molar-refractivity contribution in [3.63, 3.8) is 0 Å². The Kier molecular flexibility index (Phi) is 4.29. The van der Waals surface area contributed by atoms with E-state index in [0.717, 1.165) is 13.0 Å². The predicted molar refractivity (Wildman–Crippen MR) is 80.5 cm³/mol. The molecular weight excluding hydrogens is 236 g/mol. The molecule has 2 rings (SSSR count). The van der Waals surface area contributed by atoms with Gasteiger partial charge in [-0.25, -0.2) is 0 Å². The molecule has 2 saturated heterocycles. The summed E-state index contributed by atoms with van der Waals surface area (Å²) < 4.78 is 6.28. The molecule has 3 nitrogen and oxygen atoms in total. The smallest absolute Gasteiger partial charge is 0.0789 e. The number of nitrogens with one attached hydrogen (secondary N) is 1. The summed E-state index contributed by atoms with van der Waals surface area (Å²) in [6.45, 7) is 15.9. The van der Waals surface area contributed by atoms with Gasteiger partial charge in [-0.1, -0.05) is 0 Å². The molecule has 0 spiro atoms. The largest absolute Gasteiger partial charge is 0.368 e. The first-order valence-corrected chi connectivity index (χ1v) is 7.90. The highest BCUT2D eigenvalue weighted by molar-refractivity contribution is 5.01. The van der Waals surface area contributed by atoms with Crippen LogP contribution >= 0.6 is 0 Å². The average molecular weight is 268 g/mol. The van der Waals surface area contributed by atoms with Crippen LogP contribution in [0.15, 0.2) is 0 Å². The van der Waals surface area contributed by atoms with Crippen LogP contribution in [0.25, 0.3) is 0 Å². The quantitative estimate of drug-likeness (QED) is 0.848. The number of hydrogen-bond donors (Lipinski definition) is 1. The average Bonchev–Trinajstić information content (AvgIpc) is 2.79. The van der Waals surface area contributed by atoms with Crippen LogP contribution < -0.4 is 5.32 Å². The Balaban J connectivity index is 2.09. The van der Waals surface area contributed by atoms with E-state index in [2.05, 4.69) is 51.8 Å². The van der Waals surface area contributed by atoms with Crippen molar-refractivity contribution in [3.8, 4) is 0 Å². The molecule has 112 valence electrons. The normalized spacial score (nSPS) is 33.5. The van der Waals surface area contributed by atoms with Crippen molar-refractivity contribution >= 4 is 0 Å². The molecular formula is C16H32N2O. The Labute approximate surface area is 119 Å². The molecule has 1 N–H and O–H groups in total. The maximum absolute atomic E-state index is 6.28. The first-order chi connectivity index (χ1) is 8.71. The topological polar surface area (TPSA) is 24.5 Å². The summed E-state index contributed by atoms with van der Waals surface area (Å²) in [6.07, 6.45) is 3.78. The SMILES string of the molecule is CC(C)N(CC1CCCN1)C1CC(C)(C)OC1(C)C. The van der Waals surface area contributed by atoms with Crippen LogP contribution in [0.1, 0.15) is 60.8 Å². The molecule has 2 aliphatic rings. The summed E-state index contributed by atoms with van der Waals surface area (Å²) in [6, 6.07) is 1.76. The standard InChI is InChI=1S/C16H32N2O/c1-12(2)18(11-13-8-7-9-17-13)14-10-15(3,4)19-16(14,5)6/h12-14,17H,7-11H2,1-6H3. The van der Waals surface area contributed by atoms with Gasteiger partial charge in [-0.15, -0.1) is 0 Å². The van der Waals surface area contributed by atoms with Crippen molar-refractivity contribution in [1.82, 2.24) is 10.2 Å². The Morgan fingerprint density at radius 3 is 2.37 bits per heavy atom. The van der Waals surface area contributed by atoms with Gasteiger partial charge >= 0.3 is 0 Å². The Morgan fingerprint density at radius 1 is 1.26 bits per heavy atom. The van der Waals surface area contributed by atoms with Gasteiger partial charge < -0.3 is 10.1 Å². The number of rotatable bonds is 4. The van der Waals surface area contributed by atoms with Crippen LogP contribution in [0.3, 0.4) is 0 Å². The summed E-state index contributed by atoms with van der Waals surface area (Å²) >= 11 is 0. The second-order valence-electron chi connectivity index (χ2n) is 7.77. The van der Waals surface area contributed by atoms with Crippen molar-refractivity contribution < 1.29 is 4.74 Å². The molecule has 2 atom stereocenters. The van der Waals surface area contributed by atoms with Gasteiger partial charge in [-0.2, -0.15) is 0 Å². The molecule has 0 saturated carbocycles. The molecule has 0 aromatic rings. The van der Waals surface area contributed by atoms with E-state index in [1.54, 1.807) is 0 Å². The van der Waals surface area contributed by atoms with Gasteiger partial charge in [-0.3, -0.25) is 4.90 Å². The third-order valence-electron chi connectivity index (χ3n) is 4.68. The summed E-state index contributed by atoms with van der Waals surface area (Å²) in [5.41, 5.74) is -0.0449. The van der Waals surface area contributed by atoms with E-state index >= 15 is 0 Å². The fraction of sp³-hybridized carbons (Fsp3) is 1.00. The van der Waals surface area contributed by atoms with Crippen molar-refractivity contribution in [2.24, 2.45) is 0 Å². The maximum atomic E-state index is 6.28. The molecule has 2 aliphatic heterocycles.